The maximum atomic E-state index is 10.4. The highest BCUT2D eigenvalue weighted by molar-refractivity contribution is 7.09. The van der Waals surface area contributed by atoms with Gasteiger partial charge in [-0.05, 0) is 24.6 Å². The lowest BCUT2D eigenvalue weighted by Gasteiger charge is -2.22. The summed E-state index contributed by atoms with van der Waals surface area (Å²) in [5.74, 6) is -0.373. The van der Waals surface area contributed by atoms with E-state index in [1.807, 2.05) is 12.3 Å². The van der Waals surface area contributed by atoms with Crippen molar-refractivity contribution < 1.29 is 5.11 Å². The molecule has 19 heavy (non-hydrogen) atoms. The number of halogens is 2. The Kier molecular flexibility index (Phi) is 4.81. The Morgan fingerprint density at radius 1 is 1.37 bits per heavy atom. The highest BCUT2D eigenvalue weighted by Gasteiger charge is 2.27. The molecule has 1 aromatic carbocycles. The summed E-state index contributed by atoms with van der Waals surface area (Å²) in [5.41, 5.74) is 7.06. The van der Waals surface area contributed by atoms with Crippen molar-refractivity contribution in [2.75, 3.05) is 6.54 Å². The molecule has 1 aromatic heterocycles. The second kappa shape index (κ2) is 6.20. The van der Waals surface area contributed by atoms with Crippen LogP contribution in [0, 0.1) is 6.92 Å². The molecule has 0 amide bonds. The van der Waals surface area contributed by atoms with E-state index in [1.54, 1.807) is 18.2 Å². The fourth-order valence-corrected chi connectivity index (χ4v) is 3.31. The number of benzene rings is 1. The number of aliphatic hydroxyl groups excluding tert-OH is 1. The van der Waals surface area contributed by atoms with Crippen molar-refractivity contribution in [1.82, 2.24) is 4.98 Å². The predicted molar refractivity (Wildman–Crippen MR) is 80.1 cm³/mol. The molecule has 0 aliphatic heterocycles. The highest BCUT2D eigenvalue weighted by atomic mass is 35.5. The molecule has 0 spiro atoms. The summed E-state index contributed by atoms with van der Waals surface area (Å²) in [7, 11) is 0. The zero-order valence-corrected chi connectivity index (χ0v) is 12.6. The standard InChI is InChI=1S/C13H14Cl2N2OS/c1-7-17-11(6-19-7)13(18)8(5-16)12-9(14)3-2-4-10(12)15/h2-4,6,8,13,18H,5,16H2,1H3. The highest BCUT2D eigenvalue weighted by Crippen LogP contribution is 2.38. The number of nitrogens with two attached hydrogens (primary N) is 1. The Balaban J connectivity index is 2.39. The molecular weight excluding hydrogens is 303 g/mol. The van der Waals surface area contributed by atoms with Crippen LogP contribution in [0.1, 0.15) is 28.3 Å². The number of aliphatic hydroxyl groups is 1. The van der Waals surface area contributed by atoms with Gasteiger partial charge in [0.2, 0.25) is 0 Å². The molecule has 0 fully saturated rings. The van der Waals surface area contributed by atoms with Crippen LogP contribution in [0.3, 0.4) is 0 Å². The van der Waals surface area contributed by atoms with E-state index in [2.05, 4.69) is 4.98 Å². The van der Waals surface area contributed by atoms with Crippen molar-refractivity contribution in [2.24, 2.45) is 5.73 Å². The fraction of sp³-hybridized carbons (Fsp3) is 0.308. The number of thiazole rings is 1. The van der Waals surface area contributed by atoms with Gasteiger partial charge >= 0.3 is 0 Å². The van der Waals surface area contributed by atoms with E-state index in [-0.39, 0.29) is 12.5 Å². The van der Waals surface area contributed by atoms with Crippen molar-refractivity contribution in [3.8, 4) is 0 Å². The summed E-state index contributed by atoms with van der Waals surface area (Å²) >= 11 is 13.8. The monoisotopic (exact) mass is 316 g/mol. The van der Waals surface area contributed by atoms with E-state index in [1.165, 1.54) is 11.3 Å². The molecule has 0 saturated heterocycles. The zero-order valence-electron chi connectivity index (χ0n) is 10.3. The lowest BCUT2D eigenvalue weighted by Crippen LogP contribution is -2.21. The molecule has 3 N–H and O–H groups in total. The molecule has 6 heteroatoms. The molecule has 2 unspecified atom stereocenters. The topological polar surface area (TPSA) is 59.1 Å². The smallest absolute Gasteiger partial charge is 0.105 e. The molecule has 2 rings (SSSR count). The Bertz CT molecular complexity index is 553. The fourth-order valence-electron chi connectivity index (χ4n) is 1.99. The molecule has 0 aliphatic rings. The molecule has 2 aromatic rings. The van der Waals surface area contributed by atoms with Gasteiger partial charge in [0.1, 0.15) is 6.10 Å². The number of nitrogens with zero attached hydrogens (tertiary/aromatic N) is 1. The number of aryl methyl sites for hydroxylation is 1. The predicted octanol–water partition coefficient (Wildman–Crippen LogP) is 3.53. The van der Waals surface area contributed by atoms with Crippen molar-refractivity contribution >= 4 is 34.5 Å². The third-order valence-electron chi connectivity index (χ3n) is 2.95. The van der Waals surface area contributed by atoms with Crippen molar-refractivity contribution in [3.63, 3.8) is 0 Å². The third kappa shape index (κ3) is 3.09. The maximum Gasteiger partial charge on any atom is 0.105 e. The first-order valence-electron chi connectivity index (χ1n) is 5.78. The SMILES string of the molecule is Cc1nc(C(O)C(CN)c2c(Cl)cccc2Cl)cs1. The van der Waals surface area contributed by atoms with Gasteiger partial charge < -0.3 is 10.8 Å². The average molecular weight is 317 g/mol. The number of hydrogen-bond donors (Lipinski definition) is 2. The Morgan fingerprint density at radius 3 is 2.47 bits per heavy atom. The van der Waals surface area contributed by atoms with Crippen LogP contribution in [0.5, 0.6) is 0 Å². The molecule has 2 atom stereocenters. The van der Waals surface area contributed by atoms with Crippen LogP contribution in [0.15, 0.2) is 23.6 Å². The lowest BCUT2D eigenvalue weighted by molar-refractivity contribution is 0.143. The van der Waals surface area contributed by atoms with Crippen LogP contribution in [-0.2, 0) is 0 Å². The van der Waals surface area contributed by atoms with Crippen LogP contribution in [0.2, 0.25) is 10.0 Å². The van der Waals surface area contributed by atoms with Crippen LogP contribution >= 0.6 is 34.5 Å². The van der Waals surface area contributed by atoms with Gasteiger partial charge in [-0.15, -0.1) is 11.3 Å². The van der Waals surface area contributed by atoms with Gasteiger partial charge in [-0.3, -0.25) is 0 Å². The van der Waals surface area contributed by atoms with E-state index in [9.17, 15) is 5.11 Å². The van der Waals surface area contributed by atoms with E-state index in [4.69, 9.17) is 28.9 Å². The Labute approximate surface area is 126 Å². The zero-order chi connectivity index (χ0) is 14.0. The largest absolute Gasteiger partial charge is 0.386 e. The first-order chi connectivity index (χ1) is 9.04. The normalized spacial score (nSPS) is 14.4. The Hall–Kier alpha value is -0.650. The van der Waals surface area contributed by atoms with Crippen molar-refractivity contribution in [3.05, 3.63) is 49.9 Å². The summed E-state index contributed by atoms with van der Waals surface area (Å²) in [6, 6.07) is 5.25. The van der Waals surface area contributed by atoms with Gasteiger partial charge in [0, 0.05) is 27.9 Å². The molecule has 3 nitrogen and oxygen atoms in total. The summed E-state index contributed by atoms with van der Waals surface area (Å²) in [6.45, 7) is 2.13. The third-order valence-corrected chi connectivity index (χ3v) is 4.40. The molecular formula is C13H14Cl2N2OS. The van der Waals surface area contributed by atoms with Gasteiger partial charge in [-0.25, -0.2) is 4.98 Å². The quantitative estimate of drug-likeness (QED) is 0.907. The van der Waals surface area contributed by atoms with E-state index >= 15 is 0 Å². The minimum atomic E-state index is -0.813. The Morgan fingerprint density at radius 2 is 2.00 bits per heavy atom. The number of aromatic nitrogens is 1. The lowest BCUT2D eigenvalue weighted by atomic mass is 9.92. The van der Waals surface area contributed by atoms with Crippen LogP contribution in [0.25, 0.3) is 0 Å². The first kappa shape index (κ1) is 14.8. The first-order valence-corrected chi connectivity index (χ1v) is 7.42. The summed E-state index contributed by atoms with van der Waals surface area (Å²) < 4.78 is 0. The van der Waals surface area contributed by atoms with Crippen molar-refractivity contribution in [2.45, 2.75) is 18.9 Å². The molecule has 0 aliphatic carbocycles. The van der Waals surface area contributed by atoms with E-state index in [0.29, 0.717) is 21.3 Å². The van der Waals surface area contributed by atoms with E-state index in [0.717, 1.165) is 5.01 Å². The van der Waals surface area contributed by atoms with Gasteiger partial charge in [-0.2, -0.15) is 0 Å². The molecule has 1 heterocycles. The van der Waals surface area contributed by atoms with Crippen LogP contribution < -0.4 is 5.73 Å². The minimum absolute atomic E-state index is 0.237. The van der Waals surface area contributed by atoms with Crippen LogP contribution in [-0.4, -0.2) is 16.6 Å². The number of rotatable bonds is 4. The van der Waals surface area contributed by atoms with Gasteiger partial charge in [0.05, 0.1) is 10.7 Å². The minimum Gasteiger partial charge on any atom is -0.386 e. The van der Waals surface area contributed by atoms with Gasteiger partial charge in [-0.1, -0.05) is 29.3 Å². The van der Waals surface area contributed by atoms with Crippen molar-refractivity contribution in [1.29, 1.82) is 0 Å². The second-order valence-electron chi connectivity index (χ2n) is 4.21. The molecule has 0 saturated carbocycles. The molecule has 0 radical (unpaired) electrons. The summed E-state index contributed by atoms with van der Waals surface area (Å²) in [5, 5.41) is 14.2. The molecule has 102 valence electrons. The number of hydrogen-bond acceptors (Lipinski definition) is 4. The van der Waals surface area contributed by atoms with Gasteiger partial charge in [0.25, 0.3) is 0 Å². The average Bonchev–Trinajstić information content (AvgIpc) is 2.80. The summed E-state index contributed by atoms with van der Waals surface area (Å²) in [4.78, 5) is 4.29. The maximum absolute atomic E-state index is 10.4. The van der Waals surface area contributed by atoms with Crippen LogP contribution in [0.4, 0.5) is 0 Å². The van der Waals surface area contributed by atoms with Gasteiger partial charge in [0.15, 0.2) is 0 Å². The second-order valence-corrected chi connectivity index (χ2v) is 6.09. The summed E-state index contributed by atoms with van der Waals surface area (Å²) in [6.07, 6.45) is -0.813. The molecule has 0 bridgehead atoms. The van der Waals surface area contributed by atoms with E-state index < -0.39 is 6.10 Å².